The minimum Gasteiger partial charge on any atom is -0.398 e. The molecule has 0 aromatic heterocycles. The fourth-order valence-corrected chi connectivity index (χ4v) is 3.14. The maximum atomic E-state index is 12.3. The lowest BCUT2D eigenvalue weighted by Crippen LogP contribution is -2.35. The van der Waals surface area contributed by atoms with Crippen molar-refractivity contribution in [1.29, 1.82) is 0 Å². The van der Waals surface area contributed by atoms with Crippen molar-refractivity contribution in [2.24, 2.45) is 0 Å². The summed E-state index contributed by atoms with van der Waals surface area (Å²) in [5.41, 5.74) is 5.29. The molecular weight excluding hydrogens is 296 g/mol. The predicted molar refractivity (Wildman–Crippen MR) is 80.5 cm³/mol. The van der Waals surface area contributed by atoms with Crippen LogP contribution in [-0.2, 0) is 10.0 Å². The molecule has 0 aliphatic rings. The lowest BCUT2D eigenvalue weighted by molar-refractivity contribution is -0.385. The van der Waals surface area contributed by atoms with Gasteiger partial charge < -0.3 is 10.6 Å². The first-order chi connectivity index (χ1) is 9.63. The number of sulfonamides is 1. The average molecular weight is 316 g/mol. The third-order valence-electron chi connectivity index (χ3n) is 2.86. The lowest BCUT2D eigenvalue weighted by Gasteiger charge is -2.17. The standard InChI is InChI=1S/C12H20N4O4S/c1-9(6-7-15(2)3)14-21(19,20)12-8-10(16(17)18)4-5-11(12)13/h4-5,8-9,14H,6-7,13H2,1-3H3. The zero-order valence-electron chi connectivity index (χ0n) is 12.2. The number of hydrogen-bond donors (Lipinski definition) is 2. The molecule has 1 aromatic carbocycles. The number of nitro benzene ring substituents is 1. The molecule has 1 atom stereocenters. The van der Waals surface area contributed by atoms with Crippen LogP contribution in [0.25, 0.3) is 0 Å². The summed E-state index contributed by atoms with van der Waals surface area (Å²) in [5.74, 6) is 0. The van der Waals surface area contributed by atoms with E-state index in [0.717, 1.165) is 6.07 Å². The molecule has 1 rings (SSSR count). The van der Waals surface area contributed by atoms with Gasteiger partial charge in [0.2, 0.25) is 10.0 Å². The van der Waals surface area contributed by atoms with Crippen LogP contribution in [0.3, 0.4) is 0 Å². The highest BCUT2D eigenvalue weighted by atomic mass is 32.2. The van der Waals surface area contributed by atoms with Gasteiger partial charge >= 0.3 is 0 Å². The monoisotopic (exact) mass is 316 g/mol. The number of nitrogens with two attached hydrogens (primary N) is 1. The second-order valence-electron chi connectivity index (χ2n) is 5.09. The number of hydrogen-bond acceptors (Lipinski definition) is 6. The van der Waals surface area contributed by atoms with E-state index >= 15 is 0 Å². The van der Waals surface area contributed by atoms with E-state index in [-0.39, 0.29) is 22.3 Å². The second-order valence-corrected chi connectivity index (χ2v) is 6.78. The van der Waals surface area contributed by atoms with Crippen molar-refractivity contribution in [3.05, 3.63) is 28.3 Å². The van der Waals surface area contributed by atoms with E-state index in [1.807, 2.05) is 19.0 Å². The molecule has 3 N–H and O–H groups in total. The summed E-state index contributed by atoms with van der Waals surface area (Å²) in [4.78, 5) is 11.7. The van der Waals surface area contributed by atoms with Crippen molar-refractivity contribution in [3.63, 3.8) is 0 Å². The highest BCUT2D eigenvalue weighted by Crippen LogP contribution is 2.24. The molecule has 21 heavy (non-hydrogen) atoms. The fourth-order valence-electron chi connectivity index (χ4n) is 1.71. The van der Waals surface area contributed by atoms with E-state index in [1.165, 1.54) is 12.1 Å². The van der Waals surface area contributed by atoms with Gasteiger partial charge in [-0.2, -0.15) is 0 Å². The Bertz CT molecular complexity index is 616. The van der Waals surface area contributed by atoms with Crippen LogP contribution in [-0.4, -0.2) is 44.9 Å². The van der Waals surface area contributed by atoms with E-state index in [1.54, 1.807) is 6.92 Å². The summed E-state index contributed by atoms with van der Waals surface area (Å²) in [6.07, 6.45) is 0.612. The molecule has 9 heteroatoms. The Balaban J connectivity index is 2.97. The van der Waals surface area contributed by atoms with Crippen molar-refractivity contribution in [1.82, 2.24) is 9.62 Å². The first kappa shape index (κ1) is 17.3. The predicted octanol–water partition coefficient (Wildman–Crippen LogP) is 0.795. The largest absolute Gasteiger partial charge is 0.398 e. The topological polar surface area (TPSA) is 119 Å². The van der Waals surface area contributed by atoms with Crippen molar-refractivity contribution < 1.29 is 13.3 Å². The number of nitrogen functional groups attached to an aromatic ring is 1. The Morgan fingerprint density at radius 2 is 2.05 bits per heavy atom. The van der Waals surface area contributed by atoms with Crippen molar-refractivity contribution in [2.45, 2.75) is 24.3 Å². The van der Waals surface area contributed by atoms with Gasteiger partial charge in [0.25, 0.3) is 5.69 Å². The van der Waals surface area contributed by atoms with E-state index in [2.05, 4.69) is 4.72 Å². The average Bonchev–Trinajstić information content (AvgIpc) is 2.35. The number of nitrogens with one attached hydrogen (secondary N) is 1. The Morgan fingerprint density at radius 1 is 1.43 bits per heavy atom. The number of non-ortho nitro benzene ring substituents is 1. The third kappa shape index (κ3) is 4.96. The molecule has 0 amide bonds. The van der Waals surface area contributed by atoms with Crippen LogP contribution in [0.4, 0.5) is 11.4 Å². The van der Waals surface area contributed by atoms with Crippen LogP contribution in [0, 0.1) is 10.1 Å². The Labute approximate surface area is 124 Å². The molecule has 0 heterocycles. The zero-order valence-corrected chi connectivity index (χ0v) is 13.1. The van der Waals surface area contributed by atoms with Crippen LogP contribution in [0.5, 0.6) is 0 Å². The fraction of sp³-hybridized carbons (Fsp3) is 0.500. The van der Waals surface area contributed by atoms with Gasteiger partial charge in [0.1, 0.15) is 4.90 Å². The van der Waals surface area contributed by atoms with Crippen LogP contribution in [0.1, 0.15) is 13.3 Å². The minimum absolute atomic E-state index is 0.0205. The molecule has 0 saturated carbocycles. The van der Waals surface area contributed by atoms with Crippen molar-refractivity contribution >= 4 is 21.4 Å². The first-order valence-corrected chi connectivity index (χ1v) is 7.83. The second kappa shape index (κ2) is 6.83. The molecule has 8 nitrogen and oxygen atoms in total. The first-order valence-electron chi connectivity index (χ1n) is 6.34. The minimum atomic E-state index is -3.89. The highest BCUT2D eigenvalue weighted by Gasteiger charge is 2.22. The van der Waals surface area contributed by atoms with Crippen molar-refractivity contribution in [2.75, 3.05) is 26.4 Å². The van der Waals surface area contributed by atoms with Gasteiger partial charge in [-0.05, 0) is 40.1 Å². The molecule has 0 radical (unpaired) electrons. The normalized spacial score (nSPS) is 13.3. The van der Waals surface area contributed by atoms with Crippen molar-refractivity contribution in [3.8, 4) is 0 Å². The molecule has 118 valence electrons. The summed E-state index contributed by atoms with van der Waals surface area (Å²) in [5, 5.41) is 10.7. The molecule has 0 aliphatic heterocycles. The molecule has 1 aromatic rings. The van der Waals surface area contributed by atoms with Crippen LogP contribution < -0.4 is 10.5 Å². The summed E-state index contributed by atoms with van der Waals surface area (Å²) in [6, 6.07) is 3.05. The van der Waals surface area contributed by atoms with Gasteiger partial charge in [-0.25, -0.2) is 13.1 Å². The molecule has 0 spiro atoms. The zero-order chi connectivity index (χ0) is 16.2. The molecule has 1 unspecified atom stereocenters. The number of nitro groups is 1. The number of benzene rings is 1. The summed E-state index contributed by atoms with van der Waals surface area (Å²) in [6.45, 7) is 2.45. The number of nitrogens with zero attached hydrogens (tertiary/aromatic N) is 2. The maximum Gasteiger partial charge on any atom is 0.270 e. The molecule has 0 fully saturated rings. The Morgan fingerprint density at radius 3 is 2.57 bits per heavy atom. The van der Waals surface area contributed by atoms with Gasteiger partial charge in [-0.1, -0.05) is 0 Å². The third-order valence-corrected chi connectivity index (χ3v) is 4.51. The number of anilines is 1. The van der Waals surface area contributed by atoms with Crippen LogP contribution in [0.2, 0.25) is 0 Å². The molecule has 0 bridgehead atoms. The van der Waals surface area contributed by atoms with Gasteiger partial charge in [0.15, 0.2) is 0 Å². The van der Waals surface area contributed by atoms with Gasteiger partial charge in [-0.15, -0.1) is 0 Å². The van der Waals surface area contributed by atoms with Crippen LogP contribution in [0.15, 0.2) is 23.1 Å². The van der Waals surface area contributed by atoms with E-state index in [9.17, 15) is 18.5 Å². The van der Waals surface area contributed by atoms with Crippen LogP contribution >= 0.6 is 0 Å². The lowest BCUT2D eigenvalue weighted by atomic mass is 10.2. The Hall–Kier alpha value is -1.71. The van der Waals surface area contributed by atoms with E-state index in [0.29, 0.717) is 13.0 Å². The van der Waals surface area contributed by atoms with E-state index in [4.69, 9.17) is 5.73 Å². The summed E-state index contributed by atoms with van der Waals surface area (Å²) < 4.78 is 27.0. The summed E-state index contributed by atoms with van der Waals surface area (Å²) >= 11 is 0. The van der Waals surface area contributed by atoms with Gasteiger partial charge in [0, 0.05) is 18.2 Å². The quantitative estimate of drug-likeness (QED) is 0.436. The number of rotatable bonds is 7. The van der Waals surface area contributed by atoms with E-state index < -0.39 is 14.9 Å². The van der Waals surface area contributed by atoms with Gasteiger partial charge in [-0.3, -0.25) is 10.1 Å². The smallest absolute Gasteiger partial charge is 0.270 e. The Kier molecular flexibility index (Phi) is 5.64. The molecule has 0 saturated heterocycles. The SMILES string of the molecule is CC(CCN(C)C)NS(=O)(=O)c1cc([N+](=O)[O-])ccc1N. The summed E-state index contributed by atoms with van der Waals surface area (Å²) in [7, 11) is -0.115. The molecular formula is C12H20N4O4S. The maximum absolute atomic E-state index is 12.3. The molecule has 0 aliphatic carbocycles. The van der Waals surface area contributed by atoms with Gasteiger partial charge in [0.05, 0.1) is 10.6 Å². The highest BCUT2D eigenvalue weighted by molar-refractivity contribution is 7.89.